The van der Waals surface area contributed by atoms with Crippen molar-refractivity contribution in [1.82, 2.24) is 35.6 Å². The maximum atomic E-state index is 13.9. The van der Waals surface area contributed by atoms with Crippen LogP contribution in [0.1, 0.15) is 35.1 Å². The van der Waals surface area contributed by atoms with Gasteiger partial charge in [0.15, 0.2) is 0 Å². The Morgan fingerprint density at radius 1 is 1.05 bits per heavy atom. The van der Waals surface area contributed by atoms with Crippen molar-refractivity contribution < 1.29 is 14.4 Å². The minimum absolute atomic E-state index is 0.129. The molecule has 11 heteroatoms. The number of pyridine rings is 1. The van der Waals surface area contributed by atoms with Gasteiger partial charge in [-0.2, -0.15) is 5.10 Å². The zero-order valence-electron chi connectivity index (χ0n) is 22.4. The summed E-state index contributed by atoms with van der Waals surface area (Å²) in [6.07, 6.45) is 6.78. The number of para-hydroxylation sites is 1. The number of aromatic amines is 1. The van der Waals surface area contributed by atoms with Gasteiger partial charge in [0.1, 0.15) is 6.04 Å². The number of carbonyl (C=O) groups excluding carboxylic acids is 3. The van der Waals surface area contributed by atoms with Crippen molar-refractivity contribution in [2.75, 3.05) is 18.4 Å². The highest BCUT2D eigenvalue weighted by Crippen LogP contribution is 2.39. The van der Waals surface area contributed by atoms with Crippen LogP contribution < -0.4 is 16.0 Å². The van der Waals surface area contributed by atoms with E-state index in [1.54, 1.807) is 28.4 Å². The smallest absolute Gasteiger partial charge is 0.319 e. The largest absolute Gasteiger partial charge is 0.332 e. The second kappa shape index (κ2) is 9.92. The first-order chi connectivity index (χ1) is 20.0. The summed E-state index contributed by atoms with van der Waals surface area (Å²) >= 11 is 0. The number of urea groups is 2. The lowest BCUT2D eigenvalue weighted by Crippen LogP contribution is -2.59. The van der Waals surface area contributed by atoms with Crippen LogP contribution in [0.2, 0.25) is 0 Å². The van der Waals surface area contributed by atoms with E-state index >= 15 is 0 Å². The number of anilines is 1. The third kappa shape index (κ3) is 4.52. The van der Waals surface area contributed by atoms with Gasteiger partial charge < -0.3 is 25.8 Å². The first-order valence-electron chi connectivity index (χ1n) is 13.8. The fourth-order valence-electron chi connectivity index (χ4n) is 6.42. The molecule has 1 fully saturated rings. The van der Waals surface area contributed by atoms with Crippen molar-refractivity contribution in [1.29, 1.82) is 0 Å². The van der Waals surface area contributed by atoms with Crippen LogP contribution in [0.5, 0.6) is 0 Å². The van der Waals surface area contributed by atoms with Crippen molar-refractivity contribution in [3.05, 3.63) is 89.4 Å². The molecule has 2 aromatic carbocycles. The van der Waals surface area contributed by atoms with Crippen LogP contribution in [0.4, 0.5) is 15.3 Å². The number of fused-ring (bicyclic) bond motifs is 5. The van der Waals surface area contributed by atoms with Crippen molar-refractivity contribution in [3.8, 4) is 0 Å². The zero-order valence-corrected chi connectivity index (χ0v) is 22.4. The molecule has 0 bridgehead atoms. The molecule has 5 amide bonds. The molecule has 208 valence electrons. The SMILES string of the molecule is O=C1Nc2ccccc2C2(CCN(C(=O)NC3Cc4ccc5[nH]ncc5c4CN(Cc4ccncc4)C3=O)CC2)N1. The number of nitrogens with zero attached hydrogens (tertiary/aromatic N) is 4. The number of piperidine rings is 1. The fraction of sp³-hybridized carbons (Fsp3) is 0.300. The Kier molecular flexibility index (Phi) is 6.06. The van der Waals surface area contributed by atoms with E-state index in [4.69, 9.17) is 0 Å². The predicted molar refractivity (Wildman–Crippen MR) is 152 cm³/mol. The Labute approximate surface area is 236 Å². The molecule has 1 saturated heterocycles. The summed E-state index contributed by atoms with van der Waals surface area (Å²) in [4.78, 5) is 47.5. The maximum Gasteiger partial charge on any atom is 0.319 e. The number of rotatable bonds is 3. The quantitative estimate of drug-likeness (QED) is 0.311. The summed E-state index contributed by atoms with van der Waals surface area (Å²) in [5.74, 6) is -0.129. The number of nitrogens with one attached hydrogen (secondary N) is 4. The summed E-state index contributed by atoms with van der Waals surface area (Å²) in [5, 5.41) is 17.3. The lowest BCUT2D eigenvalue weighted by atomic mass is 9.79. The summed E-state index contributed by atoms with van der Waals surface area (Å²) in [7, 11) is 0. The molecule has 1 unspecified atom stereocenters. The molecule has 0 saturated carbocycles. The monoisotopic (exact) mass is 550 g/mol. The Morgan fingerprint density at radius 3 is 2.68 bits per heavy atom. The van der Waals surface area contributed by atoms with Crippen LogP contribution in [-0.4, -0.2) is 62.1 Å². The highest BCUT2D eigenvalue weighted by molar-refractivity contribution is 5.94. The van der Waals surface area contributed by atoms with Gasteiger partial charge in [0.25, 0.3) is 0 Å². The Morgan fingerprint density at radius 2 is 1.85 bits per heavy atom. The number of aromatic nitrogens is 3. The number of carbonyl (C=O) groups is 3. The van der Waals surface area contributed by atoms with E-state index in [-0.39, 0.29) is 18.0 Å². The highest BCUT2D eigenvalue weighted by Gasteiger charge is 2.43. The molecular weight excluding hydrogens is 520 g/mol. The molecule has 0 aliphatic carbocycles. The summed E-state index contributed by atoms with van der Waals surface area (Å²) in [6.45, 7) is 1.72. The van der Waals surface area contributed by atoms with Crippen molar-refractivity contribution in [2.24, 2.45) is 0 Å². The van der Waals surface area contributed by atoms with E-state index in [2.05, 4.69) is 31.1 Å². The third-order valence-electron chi connectivity index (χ3n) is 8.58. The van der Waals surface area contributed by atoms with E-state index in [9.17, 15) is 14.4 Å². The second-order valence-corrected chi connectivity index (χ2v) is 11.0. The fourth-order valence-corrected chi connectivity index (χ4v) is 6.42. The van der Waals surface area contributed by atoms with Gasteiger partial charge in [-0.05, 0) is 53.8 Å². The average molecular weight is 551 g/mol. The van der Waals surface area contributed by atoms with Gasteiger partial charge in [0.2, 0.25) is 5.91 Å². The van der Waals surface area contributed by atoms with E-state index < -0.39 is 11.6 Å². The molecule has 5 heterocycles. The van der Waals surface area contributed by atoms with E-state index in [0.717, 1.165) is 38.8 Å². The van der Waals surface area contributed by atoms with Gasteiger partial charge in [-0.25, -0.2) is 9.59 Å². The molecule has 11 nitrogen and oxygen atoms in total. The van der Waals surface area contributed by atoms with Crippen LogP contribution in [0, 0.1) is 0 Å². The molecule has 1 atom stereocenters. The van der Waals surface area contributed by atoms with Gasteiger partial charge in [-0.15, -0.1) is 0 Å². The summed E-state index contributed by atoms with van der Waals surface area (Å²) < 4.78 is 0. The highest BCUT2D eigenvalue weighted by atomic mass is 16.2. The summed E-state index contributed by atoms with van der Waals surface area (Å²) in [5.41, 5.74) is 5.25. The second-order valence-electron chi connectivity index (χ2n) is 11.0. The van der Waals surface area contributed by atoms with E-state index in [1.807, 2.05) is 48.5 Å². The molecule has 1 spiro atoms. The molecular formula is C30H30N8O3. The van der Waals surface area contributed by atoms with Gasteiger partial charge in [-0.3, -0.25) is 14.9 Å². The zero-order chi connectivity index (χ0) is 28.0. The number of amides is 5. The molecule has 3 aliphatic rings. The average Bonchev–Trinajstić information content (AvgIpc) is 3.43. The normalized spacial score (nSPS) is 19.7. The van der Waals surface area contributed by atoms with Crippen LogP contribution in [0.3, 0.4) is 0 Å². The van der Waals surface area contributed by atoms with Gasteiger partial charge in [-0.1, -0.05) is 24.3 Å². The van der Waals surface area contributed by atoms with E-state index in [0.29, 0.717) is 45.4 Å². The maximum absolute atomic E-state index is 13.9. The van der Waals surface area contributed by atoms with Gasteiger partial charge >= 0.3 is 12.1 Å². The number of H-pyrrole nitrogens is 1. The Bertz CT molecular complexity index is 1640. The molecule has 7 rings (SSSR count). The van der Waals surface area contributed by atoms with E-state index in [1.165, 1.54) is 0 Å². The number of hydrogen-bond donors (Lipinski definition) is 4. The lowest BCUT2D eigenvalue weighted by Gasteiger charge is -2.45. The van der Waals surface area contributed by atoms with Gasteiger partial charge in [0, 0.05) is 61.6 Å². The van der Waals surface area contributed by atoms with Gasteiger partial charge in [0.05, 0.1) is 17.3 Å². The van der Waals surface area contributed by atoms with Crippen LogP contribution in [-0.2, 0) is 29.8 Å². The van der Waals surface area contributed by atoms with Crippen LogP contribution in [0.25, 0.3) is 10.9 Å². The number of hydrogen-bond acceptors (Lipinski definition) is 5. The number of benzene rings is 2. The molecule has 0 radical (unpaired) electrons. The molecule has 3 aliphatic heterocycles. The minimum Gasteiger partial charge on any atom is -0.332 e. The van der Waals surface area contributed by atoms with Crippen molar-refractivity contribution >= 4 is 34.6 Å². The number of likely N-dealkylation sites (tertiary alicyclic amines) is 1. The van der Waals surface area contributed by atoms with Crippen molar-refractivity contribution in [3.63, 3.8) is 0 Å². The minimum atomic E-state index is -0.717. The summed E-state index contributed by atoms with van der Waals surface area (Å²) in [6, 6.07) is 14.3. The molecule has 4 aromatic rings. The van der Waals surface area contributed by atoms with Crippen LogP contribution in [0.15, 0.2) is 67.1 Å². The topological polar surface area (TPSA) is 135 Å². The Hall–Kier alpha value is -4.93. The predicted octanol–water partition coefficient (Wildman–Crippen LogP) is 3.25. The lowest BCUT2D eigenvalue weighted by molar-refractivity contribution is -0.134. The van der Waals surface area contributed by atoms with Crippen LogP contribution >= 0.6 is 0 Å². The third-order valence-corrected chi connectivity index (χ3v) is 8.58. The first-order valence-corrected chi connectivity index (χ1v) is 13.8. The molecule has 41 heavy (non-hydrogen) atoms. The Balaban J connectivity index is 1.12. The van der Waals surface area contributed by atoms with Crippen molar-refractivity contribution in [2.45, 2.75) is 43.9 Å². The molecule has 2 aromatic heterocycles. The first kappa shape index (κ1) is 25.1. The standard InChI is InChI=1S/C30H30N8O3/c39-27-26(34-29(41)37-13-9-30(10-14-37)23-3-1-2-4-25(23)33-28(40)35-30)15-20-5-6-24-21(16-32-36-24)22(20)18-38(27)17-19-7-11-31-12-8-19/h1-8,11-12,16,26H,9-10,13-15,17-18H2,(H,32,36)(H,34,41)(H2,33,35,40). The molecule has 4 N–H and O–H groups in total.